The molecule has 0 aromatic rings. The lowest BCUT2D eigenvalue weighted by molar-refractivity contribution is 0.335. The van der Waals surface area contributed by atoms with Crippen LogP contribution in [0.5, 0.6) is 0 Å². The van der Waals surface area contributed by atoms with Gasteiger partial charge in [-0.25, -0.2) is 9.79 Å². The van der Waals surface area contributed by atoms with Crippen molar-refractivity contribution in [2.24, 2.45) is 10.9 Å². The molecule has 11 heavy (non-hydrogen) atoms. The largest absolute Gasteiger partial charge is 0.235 e. The van der Waals surface area contributed by atoms with Crippen molar-refractivity contribution in [1.82, 2.24) is 0 Å². The van der Waals surface area contributed by atoms with Gasteiger partial charge in [-0.05, 0) is 18.8 Å². The Bertz CT molecular complexity index is 165. The molecular formula is C8H12ClNO. The topological polar surface area (TPSA) is 29.4 Å². The van der Waals surface area contributed by atoms with Crippen LogP contribution in [-0.2, 0) is 4.79 Å². The van der Waals surface area contributed by atoms with Crippen LogP contribution < -0.4 is 0 Å². The molecule has 1 saturated carbocycles. The van der Waals surface area contributed by atoms with Crippen LogP contribution in [0.2, 0.25) is 0 Å². The van der Waals surface area contributed by atoms with Gasteiger partial charge in [0.05, 0.1) is 6.04 Å². The third-order valence-corrected chi connectivity index (χ3v) is 2.68. The van der Waals surface area contributed by atoms with E-state index >= 15 is 0 Å². The van der Waals surface area contributed by atoms with E-state index in [9.17, 15) is 4.79 Å². The van der Waals surface area contributed by atoms with Gasteiger partial charge in [0.1, 0.15) is 0 Å². The molecule has 1 rings (SSSR count). The van der Waals surface area contributed by atoms with Crippen LogP contribution in [-0.4, -0.2) is 18.0 Å². The highest BCUT2D eigenvalue weighted by atomic mass is 35.5. The number of halogens is 1. The van der Waals surface area contributed by atoms with Crippen molar-refractivity contribution < 1.29 is 4.79 Å². The van der Waals surface area contributed by atoms with Crippen molar-refractivity contribution in [2.75, 3.05) is 5.88 Å². The SMILES string of the molecule is O=C=NC1CCCCC1CCl. The lowest BCUT2D eigenvalue weighted by Gasteiger charge is -2.25. The van der Waals surface area contributed by atoms with E-state index in [1.807, 2.05) is 0 Å². The second-order valence-corrected chi connectivity index (χ2v) is 3.30. The smallest absolute Gasteiger partial charge is 0.211 e. The lowest BCUT2D eigenvalue weighted by Crippen LogP contribution is -2.24. The van der Waals surface area contributed by atoms with Gasteiger partial charge in [0, 0.05) is 5.88 Å². The second-order valence-electron chi connectivity index (χ2n) is 2.99. The van der Waals surface area contributed by atoms with Gasteiger partial charge in [0.2, 0.25) is 6.08 Å². The number of carbonyl (C=O) groups excluding carboxylic acids is 1. The normalized spacial score (nSPS) is 31.0. The van der Waals surface area contributed by atoms with Crippen molar-refractivity contribution >= 4 is 17.7 Å². The summed E-state index contributed by atoms with van der Waals surface area (Å²) in [5, 5.41) is 0. The van der Waals surface area contributed by atoms with E-state index in [-0.39, 0.29) is 6.04 Å². The maximum Gasteiger partial charge on any atom is 0.235 e. The molecule has 0 aliphatic heterocycles. The van der Waals surface area contributed by atoms with Gasteiger partial charge in [0.15, 0.2) is 0 Å². The van der Waals surface area contributed by atoms with Gasteiger partial charge in [-0.15, -0.1) is 11.6 Å². The minimum atomic E-state index is 0.152. The van der Waals surface area contributed by atoms with E-state index in [0.29, 0.717) is 11.8 Å². The summed E-state index contributed by atoms with van der Waals surface area (Å²) in [5.41, 5.74) is 0. The van der Waals surface area contributed by atoms with Gasteiger partial charge in [-0.3, -0.25) is 0 Å². The first-order valence-corrected chi connectivity index (χ1v) is 4.55. The summed E-state index contributed by atoms with van der Waals surface area (Å²) in [7, 11) is 0. The molecule has 1 fully saturated rings. The van der Waals surface area contributed by atoms with Gasteiger partial charge >= 0.3 is 0 Å². The Kier molecular flexibility index (Phi) is 3.61. The molecule has 0 saturated heterocycles. The molecule has 2 atom stereocenters. The van der Waals surface area contributed by atoms with Crippen molar-refractivity contribution in [1.29, 1.82) is 0 Å². The third kappa shape index (κ3) is 2.32. The van der Waals surface area contributed by atoms with Crippen LogP contribution in [0.1, 0.15) is 25.7 Å². The standard InChI is InChI=1S/C8H12ClNO/c9-5-7-3-1-2-4-8(7)10-6-11/h7-8H,1-5H2. The monoisotopic (exact) mass is 173 g/mol. The highest BCUT2D eigenvalue weighted by molar-refractivity contribution is 6.18. The number of aliphatic imine (C=N–C) groups is 1. The molecule has 1 aliphatic rings. The maximum absolute atomic E-state index is 10.00. The summed E-state index contributed by atoms with van der Waals surface area (Å²) in [6.45, 7) is 0. The Morgan fingerprint density at radius 3 is 2.82 bits per heavy atom. The van der Waals surface area contributed by atoms with Crippen molar-refractivity contribution in [3.63, 3.8) is 0 Å². The summed E-state index contributed by atoms with van der Waals surface area (Å²) in [6.07, 6.45) is 6.13. The predicted octanol–water partition coefficient (Wildman–Crippen LogP) is 2.12. The van der Waals surface area contributed by atoms with Gasteiger partial charge in [-0.1, -0.05) is 12.8 Å². The summed E-state index contributed by atoms with van der Waals surface area (Å²) in [5.74, 6) is 1.03. The number of rotatable bonds is 2. The predicted molar refractivity (Wildman–Crippen MR) is 44.6 cm³/mol. The minimum absolute atomic E-state index is 0.152. The number of alkyl halides is 1. The highest BCUT2D eigenvalue weighted by Crippen LogP contribution is 2.27. The van der Waals surface area contributed by atoms with Crippen molar-refractivity contribution in [2.45, 2.75) is 31.7 Å². The molecule has 62 valence electrons. The molecule has 0 radical (unpaired) electrons. The molecule has 2 unspecified atom stereocenters. The zero-order valence-electron chi connectivity index (χ0n) is 6.42. The Balaban J connectivity index is 2.50. The van der Waals surface area contributed by atoms with E-state index in [2.05, 4.69) is 4.99 Å². The van der Waals surface area contributed by atoms with Crippen LogP contribution in [0.3, 0.4) is 0 Å². The molecule has 0 heterocycles. The third-order valence-electron chi connectivity index (χ3n) is 2.29. The fourth-order valence-electron chi connectivity index (χ4n) is 1.61. The van der Waals surface area contributed by atoms with Crippen LogP contribution in [0.15, 0.2) is 4.99 Å². The van der Waals surface area contributed by atoms with Crippen LogP contribution in [0, 0.1) is 5.92 Å². The molecule has 3 heteroatoms. The Morgan fingerprint density at radius 2 is 2.18 bits per heavy atom. The zero-order valence-corrected chi connectivity index (χ0v) is 7.18. The first kappa shape index (κ1) is 8.76. The average Bonchev–Trinajstić information content (AvgIpc) is 2.06. The van der Waals surface area contributed by atoms with E-state index in [1.54, 1.807) is 6.08 Å². The number of nitrogens with zero attached hydrogens (tertiary/aromatic N) is 1. The molecule has 0 spiro atoms. The molecule has 0 N–H and O–H groups in total. The highest BCUT2D eigenvalue weighted by Gasteiger charge is 2.23. The van der Waals surface area contributed by atoms with Crippen LogP contribution >= 0.6 is 11.6 Å². The van der Waals surface area contributed by atoms with Crippen LogP contribution in [0.4, 0.5) is 0 Å². The van der Waals surface area contributed by atoms with Gasteiger partial charge in [0.25, 0.3) is 0 Å². The summed E-state index contributed by atoms with van der Waals surface area (Å²) >= 11 is 5.72. The van der Waals surface area contributed by atoms with Gasteiger partial charge < -0.3 is 0 Å². The quantitative estimate of drug-likeness (QED) is 0.357. The van der Waals surface area contributed by atoms with Gasteiger partial charge in [-0.2, -0.15) is 0 Å². The number of isocyanates is 1. The Labute approximate surface area is 71.6 Å². The van der Waals surface area contributed by atoms with Crippen LogP contribution in [0.25, 0.3) is 0 Å². The molecule has 2 nitrogen and oxygen atoms in total. The molecule has 0 aromatic heterocycles. The first-order chi connectivity index (χ1) is 5.38. The zero-order chi connectivity index (χ0) is 8.10. The average molecular weight is 174 g/mol. The van der Waals surface area contributed by atoms with E-state index in [1.165, 1.54) is 12.8 Å². The summed E-state index contributed by atoms with van der Waals surface area (Å²) < 4.78 is 0. The molecule has 0 amide bonds. The van der Waals surface area contributed by atoms with Crippen molar-refractivity contribution in [3.8, 4) is 0 Å². The second kappa shape index (κ2) is 4.53. The van der Waals surface area contributed by atoms with E-state index in [4.69, 9.17) is 11.6 Å². The number of hydrogen-bond donors (Lipinski definition) is 0. The van der Waals surface area contributed by atoms with E-state index in [0.717, 1.165) is 12.8 Å². The Hall–Kier alpha value is -0.330. The Morgan fingerprint density at radius 1 is 1.45 bits per heavy atom. The first-order valence-electron chi connectivity index (χ1n) is 4.01. The van der Waals surface area contributed by atoms with E-state index < -0.39 is 0 Å². The summed E-state index contributed by atoms with van der Waals surface area (Å²) in [6, 6.07) is 0.152. The molecule has 0 aromatic carbocycles. The number of hydrogen-bond acceptors (Lipinski definition) is 2. The fraction of sp³-hybridized carbons (Fsp3) is 0.875. The minimum Gasteiger partial charge on any atom is -0.211 e. The molecular weight excluding hydrogens is 162 g/mol. The molecule has 1 aliphatic carbocycles. The lowest BCUT2D eigenvalue weighted by atomic mass is 9.86. The fourth-order valence-corrected chi connectivity index (χ4v) is 1.97. The van der Waals surface area contributed by atoms with Crippen molar-refractivity contribution in [3.05, 3.63) is 0 Å². The summed E-state index contributed by atoms with van der Waals surface area (Å²) in [4.78, 5) is 13.7. The maximum atomic E-state index is 10.00. The molecule has 0 bridgehead atoms.